The second-order valence-electron chi connectivity index (χ2n) is 6.39. The van der Waals surface area contributed by atoms with Gasteiger partial charge in [0.15, 0.2) is 0 Å². The topological polar surface area (TPSA) is 93.7 Å². The Morgan fingerprint density at radius 1 is 0.781 bits per heavy atom. The summed E-state index contributed by atoms with van der Waals surface area (Å²) in [5.74, 6) is -0.580. The van der Waals surface area contributed by atoms with Gasteiger partial charge in [-0.15, -0.1) is 0 Å². The predicted molar refractivity (Wildman–Crippen MR) is 123 cm³/mol. The Hall–Kier alpha value is -3.55. The number of carbonyl (C=O) groups excluding carboxylic acids is 3. The van der Waals surface area contributed by atoms with Gasteiger partial charge in [-0.1, -0.05) is 35.3 Å². The molecule has 0 radical (unpaired) electrons. The van der Waals surface area contributed by atoms with Crippen LogP contribution in [0.2, 0.25) is 10.0 Å². The molecule has 0 saturated heterocycles. The summed E-state index contributed by atoms with van der Waals surface area (Å²) in [6.07, 6.45) is -0.823. The van der Waals surface area contributed by atoms with E-state index in [1.807, 2.05) is 0 Å². The molecule has 0 spiro atoms. The summed E-state index contributed by atoms with van der Waals surface area (Å²) in [5.41, 5.74) is 1.45. The first-order valence-corrected chi connectivity index (χ1v) is 10.2. The molecule has 3 rings (SSSR count). The maximum absolute atomic E-state index is 12.7. The molecule has 0 aliphatic heterocycles. The lowest BCUT2D eigenvalue weighted by Crippen LogP contribution is -2.17. The van der Waals surface area contributed by atoms with Gasteiger partial charge in [0, 0.05) is 11.1 Å². The summed E-state index contributed by atoms with van der Waals surface area (Å²) in [5, 5.41) is 6.10. The maximum Gasteiger partial charge on any atom is 0.513 e. The Labute approximate surface area is 194 Å². The summed E-state index contributed by atoms with van der Waals surface area (Å²) in [7, 11) is 0. The summed E-state index contributed by atoms with van der Waals surface area (Å²) >= 11 is 11.9. The molecule has 0 fully saturated rings. The molecule has 0 aliphatic carbocycles. The van der Waals surface area contributed by atoms with Crippen LogP contribution in [0.25, 0.3) is 0 Å². The molecule has 0 bridgehead atoms. The van der Waals surface area contributed by atoms with Crippen LogP contribution >= 0.6 is 23.2 Å². The van der Waals surface area contributed by atoms with E-state index in [9.17, 15) is 14.4 Å². The van der Waals surface area contributed by atoms with Crippen molar-refractivity contribution >= 4 is 52.5 Å². The van der Waals surface area contributed by atoms with Gasteiger partial charge in [0.1, 0.15) is 5.75 Å². The molecular formula is C23H18Cl2N2O5. The SMILES string of the molecule is CCOC(=O)Oc1ccc(C(=O)Nc2ccccc2NC(=O)c2ccc(Cl)c(Cl)c2)cc1. The summed E-state index contributed by atoms with van der Waals surface area (Å²) < 4.78 is 9.67. The van der Waals surface area contributed by atoms with E-state index in [4.69, 9.17) is 32.7 Å². The number of hydrogen-bond acceptors (Lipinski definition) is 5. The van der Waals surface area contributed by atoms with Crippen molar-refractivity contribution in [2.75, 3.05) is 17.2 Å². The van der Waals surface area contributed by atoms with Crippen LogP contribution in [0.5, 0.6) is 5.75 Å². The van der Waals surface area contributed by atoms with Gasteiger partial charge in [0.05, 0.1) is 28.0 Å². The molecule has 0 atom stereocenters. The fourth-order valence-electron chi connectivity index (χ4n) is 2.65. The van der Waals surface area contributed by atoms with Crippen molar-refractivity contribution in [1.29, 1.82) is 0 Å². The van der Waals surface area contributed by atoms with Gasteiger partial charge < -0.3 is 20.1 Å². The number of benzene rings is 3. The normalized spacial score (nSPS) is 10.2. The number of halogens is 2. The van der Waals surface area contributed by atoms with E-state index < -0.39 is 18.0 Å². The molecule has 3 aromatic rings. The highest BCUT2D eigenvalue weighted by Crippen LogP contribution is 2.26. The minimum Gasteiger partial charge on any atom is -0.434 e. The third-order valence-electron chi connectivity index (χ3n) is 4.19. The summed E-state index contributed by atoms with van der Waals surface area (Å²) in [6.45, 7) is 1.86. The van der Waals surface area contributed by atoms with E-state index in [1.165, 1.54) is 36.4 Å². The zero-order valence-electron chi connectivity index (χ0n) is 16.9. The van der Waals surface area contributed by atoms with Crippen molar-refractivity contribution in [1.82, 2.24) is 0 Å². The van der Waals surface area contributed by atoms with Gasteiger partial charge in [0.25, 0.3) is 11.8 Å². The predicted octanol–water partition coefficient (Wildman–Crippen LogP) is 6.03. The molecule has 0 aliphatic rings. The lowest BCUT2D eigenvalue weighted by atomic mass is 10.1. The van der Waals surface area contributed by atoms with Crippen LogP contribution in [-0.4, -0.2) is 24.6 Å². The van der Waals surface area contributed by atoms with E-state index in [0.717, 1.165) is 0 Å². The van der Waals surface area contributed by atoms with E-state index in [2.05, 4.69) is 10.6 Å². The number of para-hydroxylation sites is 2. The van der Waals surface area contributed by atoms with E-state index in [-0.39, 0.29) is 17.4 Å². The highest BCUT2D eigenvalue weighted by atomic mass is 35.5. The first-order chi connectivity index (χ1) is 15.4. The molecule has 2 amide bonds. The second-order valence-corrected chi connectivity index (χ2v) is 7.21. The Morgan fingerprint density at radius 3 is 1.91 bits per heavy atom. The van der Waals surface area contributed by atoms with Crippen molar-refractivity contribution in [2.45, 2.75) is 6.92 Å². The number of ether oxygens (including phenoxy) is 2. The summed E-state index contributed by atoms with van der Waals surface area (Å²) in [6, 6.07) is 17.2. The van der Waals surface area contributed by atoms with Gasteiger partial charge in [-0.2, -0.15) is 0 Å². The molecule has 3 aromatic carbocycles. The molecular weight excluding hydrogens is 455 g/mol. The van der Waals surface area contributed by atoms with Gasteiger partial charge in [0.2, 0.25) is 0 Å². The number of carbonyl (C=O) groups is 3. The standard InChI is InChI=1S/C23H18Cl2N2O5/c1-2-31-23(30)32-16-10-7-14(8-11-16)21(28)26-19-5-3-4-6-20(19)27-22(29)15-9-12-17(24)18(25)13-15/h3-13H,2H2,1H3,(H,26,28)(H,27,29). The Kier molecular flexibility index (Phi) is 7.70. The summed E-state index contributed by atoms with van der Waals surface area (Å²) in [4.78, 5) is 36.6. The second kappa shape index (κ2) is 10.7. The Bertz CT molecular complexity index is 1150. The van der Waals surface area contributed by atoms with Crippen molar-refractivity contribution in [3.05, 3.63) is 87.9 Å². The van der Waals surface area contributed by atoms with Gasteiger partial charge in [-0.05, 0) is 61.5 Å². The highest BCUT2D eigenvalue weighted by Gasteiger charge is 2.14. The molecule has 7 nitrogen and oxygen atoms in total. The highest BCUT2D eigenvalue weighted by molar-refractivity contribution is 6.42. The van der Waals surface area contributed by atoms with Gasteiger partial charge >= 0.3 is 6.16 Å². The first-order valence-electron chi connectivity index (χ1n) is 9.49. The monoisotopic (exact) mass is 472 g/mol. The fourth-order valence-corrected chi connectivity index (χ4v) is 2.94. The zero-order valence-corrected chi connectivity index (χ0v) is 18.4. The largest absolute Gasteiger partial charge is 0.513 e. The van der Waals surface area contributed by atoms with Crippen LogP contribution in [0.1, 0.15) is 27.6 Å². The van der Waals surface area contributed by atoms with Crippen molar-refractivity contribution in [2.24, 2.45) is 0 Å². The number of amides is 2. The lowest BCUT2D eigenvalue weighted by molar-refractivity contribution is 0.101. The van der Waals surface area contributed by atoms with E-state index in [0.29, 0.717) is 27.5 Å². The fraction of sp³-hybridized carbons (Fsp3) is 0.0870. The smallest absolute Gasteiger partial charge is 0.434 e. The van der Waals surface area contributed by atoms with Crippen molar-refractivity contribution in [3.8, 4) is 5.75 Å². The molecule has 9 heteroatoms. The molecule has 0 unspecified atom stereocenters. The molecule has 0 heterocycles. The van der Waals surface area contributed by atoms with Gasteiger partial charge in [-0.3, -0.25) is 9.59 Å². The average Bonchev–Trinajstić information content (AvgIpc) is 2.77. The van der Waals surface area contributed by atoms with Crippen LogP contribution in [0.15, 0.2) is 66.7 Å². The van der Waals surface area contributed by atoms with Crippen molar-refractivity contribution < 1.29 is 23.9 Å². The zero-order chi connectivity index (χ0) is 23.1. The first kappa shape index (κ1) is 23.1. The number of nitrogens with one attached hydrogen (secondary N) is 2. The molecule has 0 aromatic heterocycles. The number of rotatable bonds is 6. The van der Waals surface area contributed by atoms with Crippen LogP contribution in [-0.2, 0) is 4.74 Å². The van der Waals surface area contributed by atoms with E-state index in [1.54, 1.807) is 37.3 Å². The molecule has 0 saturated carbocycles. The Morgan fingerprint density at radius 2 is 1.34 bits per heavy atom. The van der Waals surface area contributed by atoms with Crippen LogP contribution in [0, 0.1) is 0 Å². The minimum atomic E-state index is -0.823. The average molecular weight is 473 g/mol. The number of anilines is 2. The Balaban J connectivity index is 1.70. The minimum absolute atomic E-state index is 0.195. The van der Waals surface area contributed by atoms with Crippen LogP contribution in [0.4, 0.5) is 16.2 Å². The van der Waals surface area contributed by atoms with Crippen molar-refractivity contribution in [3.63, 3.8) is 0 Å². The molecule has 2 N–H and O–H groups in total. The molecule has 164 valence electrons. The molecule has 32 heavy (non-hydrogen) atoms. The van der Waals surface area contributed by atoms with Crippen LogP contribution in [0.3, 0.4) is 0 Å². The maximum atomic E-state index is 12.7. The van der Waals surface area contributed by atoms with Gasteiger partial charge in [-0.25, -0.2) is 4.79 Å². The lowest BCUT2D eigenvalue weighted by Gasteiger charge is -2.13. The third kappa shape index (κ3) is 6.00. The third-order valence-corrected chi connectivity index (χ3v) is 4.92. The van der Waals surface area contributed by atoms with Crippen LogP contribution < -0.4 is 15.4 Å². The quantitative estimate of drug-likeness (QED) is 0.337. The number of hydrogen-bond donors (Lipinski definition) is 2. The van der Waals surface area contributed by atoms with E-state index >= 15 is 0 Å².